The summed E-state index contributed by atoms with van der Waals surface area (Å²) in [5.74, 6) is 0. The number of ether oxygens (including phenoxy) is 1. The third kappa shape index (κ3) is 7.78. The van der Waals surface area contributed by atoms with Crippen molar-refractivity contribution in [3.63, 3.8) is 0 Å². The SMILES string of the molecule is COCCCN(C)C[C@H](C)O. The largest absolute Gasteiger partial charge is 0.392 e. The van der Waals surface area contributed by atoms with E-state index < -0.39 is 0 Å². The van der Waals surface area contributed by atoms with Crippen LogP contribution in [0.3, 0.4) is 0 Å². The number of hydrogen-bond acceptors (Lipinski definition) is 3. The Kier molecular flexibility index (Phi) is 6.51. The maximum atomic E-state index is 9.01. The molecule has 1 atom stereocenters. The predicted molar refractivity (Wildman–Crippen MR) is 45.7 cm³/mol. The summed E-state index contributed by atoms with van der Waals surface area (Å²) < 4.78 is 4.91. The molecular formula is C8H19NO2. The average molecular weight is 161 g/mol. The van der Waals surface area contributed by atoms with Crippen molar-refractivity contribution in [3.05, 3.63) is 0 Å². The first-order chi connectivity index (χ1) is 5.16. The molecule has 0 aromatic rings. The van der Waals surface area contributed by atoms with Crippen LogP contribution < -0.4 is 0 Å². The lowest BCUT2D eigenvalue weighted by molar-refractivity contribution is 0.129. The molecule has 0 aliphatic carbocycles. The van der Waals surface area contributed by atoms with Crippen LogP contribution in [0.15, 0.2) is 0 Å². The van der Waals surface area contributed by atoms with E-state index in [1.54, 1.807) is 14.0 Å². The molecule has 0 fully saturated rings. The van der Waals surface area contributed by atoms with Crippen LogP contribution in [0.25, 0.3) is 0 Å². The highest BCUT2D eigenvalue weighted by Crippen LogP contribution is 1.90. The van der Waals surface area contributed by atoms with Crippen LogP contribution in [-0.4, -0.2) is 50.0 Å². The number of aliphatic hydroxyl groups excluding tert-OH is 1. The highest BCUT2D eigenvalue weighted by molar-refractivity contribution is 4.55. The van der Waals surface area contributed by atoms with Crippen LogP contribution in [0.1, 0.15) is 13.3 Å². The molecule has 0 aromatic carbocycles. The van der Waals surface area contributed by atoms with E-state index in [2.05, 4.69) is 4.90 Å². The van der Waals surface area contributed by atoms with Crippen LogP contribution in [0.4, 0.5) is 0 Å². The minimum atomic E-state index is -0.234. The van der Waals surface area contributed by atoms with Gasteiger partial charge in [-0.15, -0.1) is 0 Å². The summed E-state index contributed by atoms with van der Waals surface area (Å²) >= 11 is 0. The summed E-state index contributed by atoms with van der Waals surface area (Å²) in [7, 11) is 3.71. The second-order valence-electron chi connectivity index (χ2n) is 2.96. The summed E-state index contributed by atoms with van der Waals surface area (Å²) in [5.41, 5.74) is 0. The van der Waals surface area contributed by atoms with Crippen LogP contribution in [0.2, 0.25) is 0 Å². The van der Waals surface area contributed by atoms with Crippen molar-refractivity contribution in [3.8, 4) is 0 Å². The van der Waals surface area contributed by atoms with Crippen LogP contribution >= 0.6 is 0 Å². The normalized spacial score (nSPS) is 13.9. The first kappa shape index (κ1) is 10.9. The molecule has 0 rings (SSSR count). The minimum Gasteiger partial charge on any atom is -0.392 e. The summed E-state index contributed by atoms with van der Waals surface area (Å²) in [5, 5.41) is 9.01. The van der Waals surface area contributed by atoms with Gasteiger partial charge >= 0.3 is 0 Å². The highest BCUT2D eigenvalue weighted by Gasteiger charge is 2.01. The predicted octanol–water partition coefficient (Wildman–Crippen LogP) is 0.336. The Morgan fingerprint density at radius 2 is 2.18 bits per heavy atom. The molecule has 68 valence electrons. The van der Waals surface area contributed by atoms with Gasteiger partial charge in [0.2, 0.25) is 0 Å². The molecule has 0 aliphatic rings. The number of rotatable bonds is 6. The van der Waals surface area contributed by atoms with Gasteiger partial charge in [0.15, 0.2) is 0 Å². The smallest absolute Gasteiger partial charge is 0.0638 e. The van der Waals surface area contributed by atoms with E-state index in [1.165, 1.54) is 0 Å². The minimum absolute atomic E-state index is 0.234. The van der Waals surface area contributed by atoms with Crippen molar-refractivity contribution in [1.29, 1.82) is 0 Å². The van der Waals surface area contributed by atoms with Crippen molar-refractivity contribution < 1.29 is 9.84 Å². The molecule has 0 spiro atoms. The molecule has 3 nitrogen and oxygen atoms in total. The molecule has 0 aliphatic heterocycles. The lowest BCUT2D eigenvalue weighted by Gasteiger charge is -2.17. The summed E-state index contributed by atoms with van der Waals surface area (Å²) in [6.07, 6.45) is 0.794. The van der Waals surface area contributed by atoms with Crippen LogP contribution in [-0.2, 0) is 4.74 Å². The van der Waals surface area contributed by atoms with Crippen molar-refractivity contribution >= 4 is 0 Å². The fraction of sp³-hybridized carbons (Fsp3) is 1.00. The highest BCUT2D eigenvalue weighted by atomic mass is 16.5. The Morgan fingerprint density at radius 3 is 2.64 bits per heavy atom. The topological polar surface area (TPSA) is 32.7 Å². The average Bonchev–Trinajstić information content (AvgIpc) is 1.86. The fourth-order valence-corrected chi connectivity index (χ4v) is 1.02. The molecule has 0 amide bonds. The lowest BCUT2D eigenvalue weighted by Crippen LogP contribution is -2.28. The van der Waals surface area contributed by atoms with E-state index in [0.29, 0.717) is 0 Å². The quantitative estimate of drug-likeness (QED) is 0.570. The van der Waals surface area contributed by atoms with Gasteiger partial charge in [0, 0.05) is 26.8 Å². The molecule has 0 heterocycles. The van der Waals surface area contributed by atoms with Crippen molar-refractivity contribution in [1.82, 2.24) is 4.90 Å². The van der Waals surface area contributed by atoms with Crippen molar-refractivity contribution in [2.24, 2.45) is 0 Å². The molecule has 0 radical (unpaired) electrons. The summed E-state index contributed by atoms with van der Waals surface area (Å²) in [4.78, 5) is 2.10. The van der Waals surface area contributed by atoms with E-state index in [4.69, 9.17) is 9.84 Å². The Morgan fingerprint density at radius 1 is 1.55 bits per heavy atom. The zero-order valence-corrected chi connectivity index (χ0v) is 7.71. The first-order valence-electron chi connectivity index (χ1n) is 4.02. The van der Waals surface area contributed by atoms with E-state index >= 15 is 0 Å². The number of likely N-dealkylation sites (N-methyl/N-ethyl adjacent to an activating group) is 1. The third-order valence-corrected chi connectivity index (χ3v) is 1.46. The zero-order valence-electron chi connectivity index (χ0n) is 7.71. The maximum absolute atomic E-state index is 9.01. The summed E-state index contributed by atoms with van der Waals surface area (Å²) in [6.45, 7) is 4.32. The summed E-state index contributed by atoms with van der Waals surface area (Å²) in [6, 6.07) is 0. The number of hydrogen-bond donors (Lipinski definition) is 1. The van der Waals surface area contributed by atoms with Gasteiger partial charge in [-0.05, 0) is 20.4 Å². The molecule has 1 N–H and O–H groups in total. The van der Waals surface area contributed by atoms with E-state index in [-0.39, 0.29) is 6.10 Å². The Bertz CT molecular complexity index is 86.2. The van der Waals surface area contributed by atoms with E-state index in [1.807, 2.05) is 7.05 Å². The number of nitrogens with zero attached hydrogens (tertiary/aromatic N) is 1. The molecule has 0 saturated carbocycles. The standard InChI is InChI=1S/C8H19NO2/c1-8(10)7-9(2)5-4-6-11-3/h8,10H,4-7H2,1-3H3/t8-/m0/s1. The van der Waals surface area contributed by atoms with Gasteiger partial charge in [-0.1, -0.05) is 0 Å². The monoisotopic (exact) mass is 161 g/mol. The van der Waals surface area contributed by atoms with Gasteiger partial charge in [-0.2, -0.15) is 0 Å². The Hall–Kier alpha value is -0.120. The van der Waals surface area contributed by atoms with Gasteiger partial charge in [0.25, 0.3) is 0 Å². The molecule has 3 heteroatoms. The number of methoxy groups -OCH3 is 1. The van der Waals surface area contributed by atoms with Gasteiger partial charge in [-0.3, -0.25) is 0 Å². The van der Waals surface area contributed by atoms with Crippen molar-refractivity contribution in [2.45, 2.75) is 19.4 Å². The number of aliphatic hydroxyl groups is 1. The molecular weight excluding hydrogens is 142 g/mol. The Labute approximate surface area is 69.0 Å². The first-order valence-corrected chi connectivity index (χ1v) is 4.02. The lowest BCUT2D eigenvalue weighted by atomic mass is 10.3. The van der Waals surface area contributed by atoms with Crippen LogP contribution in [0.5, 0.6) is 0 Å². The van der Waals surface area contributed by atoms with Gasteiger partial charge in [0.1, 0.15) is 0 Å². The van der Waals surface area contributed by atoms with Gasteiger partial charge < -0.3 is 14.7 Å². The molecule has 0 bridgehead atoms. The molecule has 0 saturated heterocycles. The van der Waals surface area contributed by atoms with Gasteiger partial charge in [-0.25, -0.2) is 0 Å². The van der Waals surface area contributed by atoms with Crippen molar-refractivity contribution in [2.75, 3.05) is 33.9 Å². The molecule has 0 aromatic heterocycles. The van der Waals surface area contributed by atoms with E-state index in [9.17, 15) is 0 Å². The molecule has 11 heavy (non-hydrogen) atoms. The van der Waals surface area contributed by atoms with E-state index in [0.717, 1.165) is 26.1 Å². The van der Waals surface area contributed by atoms with Gasteiger partial charge in [0.05, 0.1) is 6.10 Å². The second kappa shape index (κ2) is 6.58. The Balaban J connectivity index is 3.15. The second-order valence-corrected chi connectivity index (χ2v) is 2.96. The third-order valence-electron chi connectivity index (χ3n) is 1.46. The maximum Gasteiger partial charge on any atom is 0.0638 e. The fourth-order valence-electron chi connectivity index (χ4n) is 1.02. The van der Waals surface area contributed by atoms with Crippen LogP contribution in [0, 0.1) is 0 Å². The molecule has 0 unspecified atom stereocenters. The zero-order chi connectivity index (χ0) is 8.69.